The van der Waals surface area contributed by atoms with Gasteiger partial charge in [0.15, 0.2) is 0 Å². The summed E-state index contributed by atoms with van der Waals surface area (Å²) in [6.07, 6.45) is 1.07. The molecule has 1 aromatic rings. The molecular weight excluding hydrogens is 198 g/mol. The SMILES string of the molecule is CCC(CN)Oc1cc(C)cc(C(C)C)c1. The highest BCUT2D eigenvalue weighted by Gasteiger charge is 2.08. The van der Waals surface area contributed by atoms with Crippen LogP contribution in [0.5, 0.6) is 5.75 Å². The molecule has 0 heterocycles. The van der Waals surface area contributed by atoms with E-state index in [1.165, 1.54) is 11.1 Å². The number of benzene rings is 1. The standard InChI is InChI=1S/C14H23NO/c1-5-13(9-15)16-14-7-11(4)6-12(8-14)10(2)3/h6-8,10,13H,5,9,15H2,1-4H3. The molecule has 0 aliphatic rings. The molecule has 0 radical (unpaired) electrons. The van der Waals surface area contributed by atoms with Crippen LogP contribution in [0.4, 0.5) is 0 Å². The molecule has 0 saturated carbocycles. The zero-order chi connectivity index (χ0) is 12.1. The molecule has 1 aromatic carbocycles. The van der Waals surface area contributed by atoms with Crippen molar-refractivity contribution in [2.45, 2.75) is 46.1 Å². The lowest BCUT2D eigenvalue weighted by Crippen LogP contribution is -2.25. The Kier molecular flexibility index (Phi) is 4.81. The third-order valence-corrected chi connectivity index (χ3v) is 2.76. The van der Waals surface area contributed by atoms with Crippen LogP contribution in [0.3, 0.4) is 0 Å². The first kappa shape index (κ1) is 13.0. The van der Waals surface area contributed by atoms with Crippen molar-refractivity contribution < 1.29 is 4.74 Å². The number of nitrogens with two attached hydrogens (primary N) is 1. The van der Waals surface area contributed by atoms with E-state index >= 15 is 0 Å². The summed E-state index contributed by atoms with van der Waals surface area (Å²) in [5.74, 6) is 1.47. The fourth-order valence-corrected chi connectivity index (χ4v) is 1.67. The van der Waals surface area contributed by atoms with Crippen molar-refractivity contribution in [1.82, 2.24) is 0 Å². The van der Waals surface area contributed by atoms with Gasteiger partial charge in [0, 0.05) is 6.54 Å². The van der Waals surface area contributed by atoms with Gasteiger partial charge >= 0.3 is 0 Å². The molecule has 1 rings (SSSR count). The van der Waals surface area contributed by atoms with E-state index in [1.54, 1.807) is 0 Å². The zero-order valence-corrected chi connectivity index (χ0v) is 10.8. The van der Waals surface area contributed by atoms with Gasteiger partial charge in [-0.2, -0.15) is 0 Å². The van der Waals surface area contributed by atoms with Crippen LogP contribution in [0.25, 0.3) is 0 Å². The molecule has 2 heteroatoms. The van der Waals surface area contributed by atoms with Crippen LogP contribution in [0.1, 0.15) is 44.2 Å². The highest BCUT2D eigenvalue weighted by atomic mass is 16.5. The second-order valence-electron chi connectivity index (χ2n) is 4.62. The summed E-state index contributed by atoms with van der Waals surface area (Å²) in [7, 11) is 0. The predicted molar refractivity (Wildman–Crippen MR) is 69.0 cm³/mol. The summed E-state index contributed by atoms with van der Waals surface area (Å²) >= 11 is 0. The molecule has 1 atom stereocenters. The van der Waals surface area contributed by atoms with E-state index in [9.17, 15) is 0 Å². The number of hydrogen-bond donors (Lipinski definition) is 1. The van der Waals surface area contributed by atoms with Crippen LogP contribution in [-0.2, 0) is 0 Å². The quantitative estimate of drug-likeness (QED) is 0.828. The smallest absolute Gasteiger partial charge is 0.120 e. The molecule has 90 valence electrons. The van der Waals surface area contributed by atoms with Gasteiger partial charge in [0.2, 0.25) is 0 Å². The van der Waals surface area contributed by atoms with Crippen LogP contribution in [-0.4, -0.2) is 12.6 Å². The predicted octanol–water partition coefficient (Wildman–Crippen LogP) is 3.23. The molecule has 16 heavy (non-hydrogen) atoms. The van der Waals surface area contributed by atoms with Gasteiger partial charge in [-0.25, -0.2) is 0 Å². The molecule has 0 aromatic heterocycles. The van der Waals surface area contributed by atoms with Crippen molar-refractivity contribution in [3.8, 4) is 5.75 Å². The maximum absolute atomic E-state index is 5.86. The topological polar surface area (TPSA) is 35.2 Å². The fourth-order valence-electron chi connectivity index (χ4n) is 1.67. The number of ether oxygens (including phenoxy) is 1. The molecule has 0 aliphatic heterocycles. The van der Waals surface area contributed by atoms with Crippen molar-refractivity contribution in [1.29, 1.82) is 0 Å². The molecule has 0 bridgehead atoms. The number of hydrogen-bond acceptors (Lipinski definition) is 2. The first-order valence-corrected chi connectivity index (χ1v) is 6.05. The van der Waals surface area contributed by atoms with Gasteiger partial charge in [-0.3, -0.25) is 0 Å². The van der Waals surface area contributed by atoms with E-state index in [0.29, 0.717) is 12.5 Å². The largest absolute Gasteiger partial charge is 0.489 e. The van der Waals surface area contributed by atoms with Gasteiger partial charge in [0.1, 0.15) is 11.9 Å². The van der Waals surface area contributed by atoms with Crippen molar-refractivity contribution in [2.24, 2.45) is 5.73 Å². The van der Waals surface area contributed by atoms with E-state index < -0.39 is 0 Å². The minimum atomic E-state index is 0.127. The maximum Gasteiger partial charge on any atom is 0.120 e. The molecule has 0 saturated heterocycles. The van der Waals surface area contributed by atoms with E-state index in [2.05, 4.69) is 45.9 Å². The van der Waals surface area contributed by atoms with Gasteiger partial charge in [-0.15, -0.1) is 0 Å². The lowest BCUT2D eigenvalue weighted by atomic mass is 10.0. The van der Waals surface area contributed by atoms with E-state index in [-0.39, 0.29) is 6.10 Å². The Balaban J connectivity index is 2.87. The summed E-state index contributed by atoms with van der Waals surface area (Å²) in [4.78, 5) is 0. The third kappa shape index (κ3) is 3.53. The van der Waals surface area contributed by atoms with Gasteiger partial charge in [0.25, 0.3) is 0 Å². The van der Waals surface area contributed by atoms with Crippen LogP contribution in [0, 0.1) is 6.92 Å². The summed E-state index contributed by atoms with van der Waals surface area (Å²) in [6.45, 7) is 9.15. The zero-order valence-electron chi connectivity index (χ0n) is 10.8. The molecule has 0 spiro atoms. The molecule has 0 amide bonds. The van der Waals surface area contributed by atoms with Crippen molar-refractivity contribution in [3.63, 3.8) is 0 Å². The molecule has 0 aliphatic carbocycles. The molecule has 2 N–H and O–H groups in total. The first-order valence-electron chi connectivity index (χ1n) is 6.05. The monoisotopic (exact) mass is 221 g/mol. The fraction of sp³-hybridized carbons (Fsp3) is 0.571. The highest BCUT2D eigenvalue weighted by molar-refractivity contribution is 5.35. The third-order valence-electron chi connectivity index (χ3n) is 2.76. The van der Waals surface area contributed by atoms with Gasteiger partial charge in [0.05, 0.1) is 0 Å². The molecule has 1 unspecified atom stereocenters. The Labute approximate surface area is 98.8 Å². The Bertz CT molecular complexity index is 330. The van der Waals surface area contributed by atoms with Crippen molar-refractivity contribution >= 4 is 0 Å². The first-order chi connectivity index (χ1) is 7.56. The minimum Gasteiger partial charge on any atom is -0.489 e. The maximum atomic E-state index is 5.86. The number of rotatable bonds is 5. The summed E-state index contributed by atoms with van der Waals surface area (Å²) in [6, 6.07) is 6.40. The highest BCUT2D eigenvalue weighted by Crippen LogP contribution is 2.23. The van der Waals surface area contributed by atoms with E-state index in [4.69, 9.17) is 10.5 Å². The van der Waals surface area contributed by atoms with E-state index in [1.807, 2.05) is 0 Å². The molecule has 2 nitrogen and oxygen atoms in total. The van der Waals surface area contributed by atoms with E-state index in [0.717, 1.165) is 12.2 Å². The lowest BCUT2D eigenvalue weighted by molar-refractivity contribution is 0.205. The average Bonchev–Trinajstić information content (AvgIpc) is 2.25. The lowest BCUT2D eigenvalue weighted by Gasteiger charge is -2.17. The van der Waals surface area contributed by atoms with Gasteiger partial charge in [-0.1, -0.05) is 26.8 Å². The molecule has 0 fully saturated rings. The summed E-state index contributed by atoms with van der Waals surface area (Å²) in [5, 5.41) is 0. The van der Waals surface area contributed by atoms with Crippen LogP contribution in [0.15, 0.2) is 18.2 Å². The van der Waals surface area contributed by atoms with Gasteiger partial charge in [-0.05, 0) is 42.5 Å². The average molecular weight is 221 g/mol. The second kappa shape index (κ2) is 5.90. The van der Waals surface area contributed by atoms with Crippen LogP contribution >= 0.6 is 0 Å². The normalized spacial score (nSPS) is 12.9. The Hall–Kier alpha value is -1.02. The van der Waals surface area contributed by atoms with Crippen molar-refractivity contribution in [3.05, 3.63) is 29.3 Å². The van der Waals surface area contributed by atoms with Crippen LogP contribution < -0.4 is 10.5 Å². The number of aryl methyl sites for hydroxylation is 1. The Morgan fingerprint density at radius 3 is 2.44 bits per heavy atom. The van der Waals surface area contributed by atoms with Crippen molar-refractivity contribution in [2.75, 3.05) is 6.54 Å². The molecular formula is C14H23NO. The summed E-state index contributed by atoms with van der Waals surface area (Å²) in [5.41, 5.74) is 8.21. The second-order valence-corrected chi connectivity index (χ2v) is 4.62. The Morgan fingerprint density at radius 1 is 1.25 bits per heavy atom. The summed E-state index contributed by atoms with van der Waals surface area (Å²) < 4.78 is 5.86. The minimum absolute atomic E-state index is 0.127. The van der Waals surface area contributed by atoms with Crippen LogP contribution in [0.2, 0.25) is 0 Å². The Morgan fingerprint density at radius 2 is 1.94 bits per heavy atom. The van der Waals surface area contributed by atoms with Gasteiger partial charge < -0.3 is 10.5 Å².